The Labute approximate surface area is 101 Å². The molecule has 17 heavy (non-hydrogen) atoms. The lowest BCUT2D eigenvalue weighted by Gasteiger charge is -2.08. The van der Waals surface area contributed by atoms with Crippen molar-refractivity contribution in [2.24, 2.45) is 10.8 Å². The highest BCUT2D eigenvalue weighted by molar-refractivity contribution is 5.77. The van der Waals surface area contributed by atoms with Crippen molar-refractivity contribution in [1.82, 2.24) is 14.5 Å². The molecule has 3 rings (SSSR count). The van der Waals surface area contributed by atoms with E-state index in [1.165, 1.54) is 0 Å². The molecule has 1 fully saturated rings. The summed E-state index contributed by atoms with van der Waals surface area (Å²) in [4.78, 5) is 8.47. The first-order valence-electron chi connectivity index (χ1n) is 5.95. The summed E-state index contributed by atoms with van der Waals surface area (Å²) in [6, 6.07) is 2.39. The molecule has 0 aromatic carbocycles. The number of hydrogen-bond donors (Lipinski definition) is 1. The fraction of sp³-hybridized carbons (Fsp3) is 0.538. The van der Waals surface area contributed by atoms with Gasteiger partial charge < -0.3 is 10.3 Å². The Morgan fingerprint density at radius 3 is 2.47 bits per heavy atom. The number of rotatable bonds is 1. The Hall–Kier alpha value is -1.58. The molecule has 0 aliphatic heterocycles. The summed E-state index contributed by atoms with van der Waals surface area (Å²) >= 11 is 0. The highest BCUT2D eigenvalue weighted by Crippen LogP contribution is 2.72. The lowest BCUT2D eigenvalue weighted by molar-refractivity contribution is 0.457. The molecule has 0 amide bonds. The lowest BCUT2D eigenvalue weighted by Crippen LogP contribution is -2.05. The zero-order valence-electron chi connectivity index (χ0n) is 10.7. The number of nitrogen functional groups attached to an aromatic ring is 1. The van der Waals surface area contributed by atoms with E-state index in [2.05, 4.69) is 42.2 Å². The second-order valence-corrected chi connectivity index (χ2v) is 6.05. The van der Waals surface area contributed by atoms with Crippen LogP contribution in [0.3, 0.4) is 0 Å². The van der Waals surface area contributed by atoms with Crippen molar-refractivity contribution in [1.29, 1.82) is 0 Å². The molecule has 0 radical (unpaired) electrons. The minimum Gasteiger partial charge on any atom is -0.369 e. The topological polar surface area (TPSA) is 56.7 Å². The standard InChI is InChI=1S/C13H18N4/c1-12(2)10(13(12,3)4)17-9-5-6-15-7-8(9)16-11(17)14/h5-7,10H,1-4H3,(H2,14,16). The van der Waals surface area contributed by atoms with E-state index < -0.39 is 0 Å². The average Bonchev–Trinajstić information content (AvgIpc) is 2.55. The zero-order valence-corrected chi connectivity index (χ0v) is 10.7. The number of aromatic nitrogens is 3. The molecule has 2 aromatic rings. The third kappa shape index (κ3) is 1.13. The minimum atomic E-state index is 0.248. The van der Waals surface area contributed by atoms with Crippen LogP contribution in [-0.4, -0.2) is 14.5 Å². The number of hydrogen-bond acceptors (Lipinski definition) is 3. The van der Waals surface area contributed by atoms with Gasteiger partial charge in [0.1, 0.15) is 5.52 Å². The first-order valence-corrected chi connectivity index (χ1v) is 5.95. The third-order valence-electron chi connectivity index (χ3n) is 4.72. The Morgan fingerprint density at radius 1 is 1.24 bits per heavy atom. The van der Waals surface area contributed by atoms with Crippen molar-refractivity contribution in [3.05, 3.63) is 18.5 Å². The number of anilines is 1. The van der Waals surface area contributed by atoms with Crippen LogP contribution < -0.4 is 5.73 Å². The van der Waals surface area contributed by atoms with Gasteiger partial charge in [-0.1, -0.05) is 27.7 Å². The maximum atomic E-state index is 6.06. The van der Waals surface area contributed by atoms with Gasteiger partial charge in [-0.2, -0.15) is 0 Å². The highest BCUT2D eigenvalue weighted by atomic mass is 15.2. The maximum absolute atomic E-state index is 6.06. The summed E-state index contributed by atoms with van der Waals surface area (Å²) < 4.78 is 2.16. The van der Waals surface area contributed by atoms with Crippen LogP contribution in [0.15, 0.2) is 18.5 Å². The fourth-order valence-electron chi connectivity index (χ4n) is 3.05. The number of nitrogens with two attached hydrogens (primary N) is 1. The van der Waals surface area contributed by atoms with Gasteiger partial charge in [0, 0.05) is 12.2 Å². The van der Waals surface area contributed by atoms with E-state index in [1.54, 1.807) is 12.4 Å². The van der Waals surface area contributed by atoms with Gasteiger partial charge in [-0.25, -0.2) is 4.98 Å². The van der Waals surface area contributed by atoms with Crippen molar-refractivity contribution in [3.8, 4) is 0 Å². The Balaban J connectivity index is 2.23. The number of fused-ring (bicyclic) bond motifs is 1. The summed E-state index contributed by atoms with van der Waals surface area (Å²) in [6.07, 6.45) is 3.56. The summed E-state index contributed by atoms with van der Waals surface area (Å²) in [7, 11) is 0. The van der Waals surface area contributed by atoms with Crippen LogP contribution in [0, 0.1) is 10.8 Å². The molecular weight excluding hydrogens is 212 g/mol. The lowest BCUT2D eigenvalue weighted by atomic mass is 10.0. The van der Waals surface area contributed by atoms with Crippen LogP contribution in [0.4, 0.5) is 5.95 Å². The minimum absolute atomic E-state index is 0.248. The van der Waals surface area contributed by atoms with E-state index in [4.69, 9.17) is 5.73 Å². The van der Waals surface area contributed by atoms with Gasteiger partial charge in [0.05, 0.1) is 11.7 Å². The van der Waals surface area contributed by atoms with Gasteiger partial charge in [0.2, 0.25) is 5.95 Å². The molecule has 4 nitrogen and oxygen atoms in total. The molecule has 2 heterocycles. The Kier molecular flexibility index (Phi) is 1.74. The summed E-state index contributed by atoms with van der Waals surface area (Å²) in [5.41, 5.74) is 8.52. The summed E-state index contributed by atoms with van der Waals surface area (Å²) in [5, 5.41) is 0. The first kappa shape index (κ1) is 10.6. The highest BCUT2D eigenvalue weighted by Gasteiger charge is 2.66. The molecule has 0 saturated heterocycles. The van der Waals surface area contributed by atoms with E-state index in [0.717, 1.165) is 11.0 Å². The monoisotopic (exact) mass is 230 g/mol. The van der Waals surface area contributed by atoms with E-state index in [-0.39, 0.29) is 10.8 Å². The second kappa shape index (κ2) is 2.81. The van der Waals surface area contributed by atoms with Crippen molar-refractivity contribution < 1.29 is 0 Å². The van der Waals surface area contributed by atoms with Crippen molar-refractivity contribution >= 4 is 17.0 Å². The normalized spacial score (nSPS) is 21.9. The van der Waals surface area contributed by atoms with Gasteiger partial charge in [-0.15, -0.1) is 0 Å². The average molecular weight is 230 g/mol. The van der Waals surface area contributed by atoms with Crippen LogP contribution in [0.1, 0.15) is 33.7 Å². The Morgan fingerprint density at radius 2 is 1.88 bits per heavy atom. The molecule has 2 N–H and O–H groups in total. The van der Waals surface area contributed by atoms with Crippen LogP contribution >= 0.6 is 0 Å². The van der Waals surface area contributed by atoms with Crippen LogP contribution in [0.25, 0.3) is 11.0 Å². The van der Waals surface area contributed by atoms with Gasteiger partial charge in [-0.3, -0.25) is 4.98 Å². The number of imidazole rings is 1. The molecule has 1 saturated carbocycles. The van der Waals surface area contributed by atoms with Gasteiger partial charge >= 0.3 is 0 Å². The SMILES string of the molecule is CC1(C)C(n2c(N)nc3cnccc32)C1(C)C. The smallest absolute Gasteiger partial charge is 0.201 e. The van der Waals surface area contributed by atoms with E-state index in [1.807, 2.05) is 6.07 Å². The van der Waals surface area contributed by atoms with Crippen LogP contribution in [0.5, 0.6) is 0 Å². The molecule has 0 spiro atoms. The largest absolute Gasteiger partial charge is 0.369 e. The number of pyridine rings is 1. The van der Waals surface area contributed by atoms with E-state index >= 15 is 0 Å². The molecular formula is C13H18N4. The first-order chi connectivity index (χ1) is 7.87. The van der Waals surface area contributed by atoms with Gasteiger partial charge in [0.25, 0.3) is 0 Å². The van der Waals surface area contributed by atoms with Crippen molar-refractivity contribution in [2.75, 3.05) is 5.73 Å². The molecule has 0 atom stereocenters. The molecule has 2 aromatic heterocycles. The van der Waals surface area contributed by atoms with Gasteiger partial charge in [0.15, 0.2) is 0 Å². The predicted octanol–water partition coefficient (Wildman–Crippen LogP) is 2.62. The molecule has 0 unspecified atom stereocenters. The molecule has 1 aliphatic carbocycles. The van der Waals surface area contributed by atoms with Crippen LogP contribution in [-0.2, 0) is 0 Å². The van der Waals surface area contributed by atoms with Crippen molar-refractivity contribution in [2.45, 2.75) is 33.7 Å². The van der Waals surface area contributed by atoms with Crippen molar-refractivity contribution in [3.63, 3.8) is 0 Å². The molecule has 0 bridgehead atoms. The van der Waals surface area contributed by atoms with E-state index in [0.29, 0.717) is 12.0 Å². The van der Waals surface area contributed by atoms with E-state index in [9.17, 15) is 0 Å². The third-order valence-corrected chi connectivity index (χ3v) is 4.72. The quantitative estimate of drug-likeness (QED) is 0.819. The number of nitrogens with zero attached hydrogens (tertiary/aromatic N) is 3. The maximum Gasteiger partial charge on any atom is 0.201 e. The molecule has 4 heteroatoms. The predicted molar refractivity (Wildman–Crippen MR) is 68.5 cm³/mol. The molecule has 1 aliphatic rings. The summed E-state index contributed by atoms with van der Waals surface area (Å²) in [5.74, 6) is 0.594. The molecule has 90 valence electrons. The second-order valence-electron chi connectivity index (χ2n) is 6.05. The van der Waals surface area contributed by atoms with Gasteiger partial charge in [-0.05, 0) is 16.9 Å². The van der Waals surface area contributed by atoms with Crippen LogP contribution in [0.2, 0.25) is 0 Å². The fourth-order valence-corrected chi connectivity index (χ4v) is 3.05. The summed E-state index contributed by atoms with van der Waals surface area (Å²) in [6.45, 7) is 9.13. The zero-order chi connectivity index (χ0) is 12.4. The Bertz CT molecular complexity index is 580.